The number of carbonyl (C=O) groups is 4. The van der Waals surface area contributed by atoms with Crippen LogP contribution in [0.3, 0.4) is 0 Å². The van der Waals surface area contributed by atoms with Crippen molar-refractivity contribution in [2.24, 2.45) is 5.92 Å². The maximum Gasteiger partial charge on any atom is 0.328 e. The van der Waals surface area contributed by atoms with E-state index in [0.29, 0.717) is 6.42 Å². The quantitative estimate of drug-likeness (QED) is 0.663. The van der Waals surface area contributed by atoms with Gasteiger partial charge < -0.3 is 14.8 Å². The molecule has 1 aromatic rings. The highest BCUT2D eigenvalue weighted by molar-refractivity contribution is 8.04. The van der Waals surface area contributed by atoms with E-state index in [2.05, 4.69) is 5.32 Å². The smallest absolute Gasteiger partial charge is 0.328 e. The van der Waals surface area contributed by atoms with E-state index in [9.17, 15) is 19.2 Å². The molecule has 1 amide bonds. The molecule has 8 heteroatoms. The van der Waals surface area contributed by atoms with Crippen LogP contribution in [0.2, 0.25) is 0 Å². The number of benzene rings is 1. The number of esters is 1. The lowest BCUT2D eigenvalue weighted by atomic mass is 9.93. The van der Waals surface area contributed by atoms with E-state index in [1.54, 1.807) is 24.3 Å². The Bertz CT molecular complexity index is 832. The number of nitrogens with one attached hydrogen (secondary N) is 1. The molecular formula is C20H23NO6S. The molecule has 2 atom stereocenters. The Labute approximate surface area is 167 Å². The molecule has 0 heterocycles. The van der Waals surface area contributed by atoms with Gasteiger partial charge in [0, 0.05) is 11.1 Å². The van der Waals surface area contributed by atoms with Gasteiger partial charge in [-0.1, -0.05) is 44.5 Å². The normalized spacial score (nSPS) is 15.6. The molecule has 0 bridgehead atoms. The molecule has 0 saturated heterocycles. The van der Waals surface area contributed by atoms with Crippen molar-refractivity contribution < 1.29 is 28.7 Å². The van der Waals surface area contributed by atoms with Crippen LogP contribution in [0.5, 0.6) is 0 Å². The van der Waals surface area contributed by atoms with E-state index in [1.165, 1.54) is 14.2 Å². The number of amides is 1. The first-order valence-corrected chi connectivity index (χ1v) is 9.80. The topological polar surface area (TPSA) is 98.8 Å². The molecule has 0 saturated carbocycles. The molecule has 28 heavy (non-hydrogen) atoms. The second-order valence-corrected chi connectivity index (χ2v) is 7.29. The average molecular weight is 405 g/mol. The van der Waals surface area contributed by atoms with Gasteiger partial charge in [0.15, 0.2) is 5.76 Å². The zero-order chi connectivity index (χ0) is 20.8. The first-order valence-electron chi connectivity index (χ1n) is 8.82. The van der Waals surface area contributed by atoms with E-state index >= 15 is 0 Å². The summed E-state index contributed by atoms with van der Waals surface area (Å²) in [7, 11) is 2.57. The van der Waals surface area contributed by atoms with Crippen molar-refractivity contribution in [2.45, 2.75) is 26.3 Å². The number of hydrogen-bond acceptors (Lipinski definition) is 7. The molecule has 0 radical (unpaired) electrons. The molecule has 0 fully saturated rings. The number of methoxy groups -OCH3 is 2. The highest BCUT2D eigenvalue weighted by Crippen LogP contribution is 2.33. The Morgan fingerprint density at radius 3 is 2.25 bits per heavy atom. The average Bonchev–Trinajstić information content (AvgIpc) is 2.72. The first kappa shape index (κ1) is 21.7. The third-order valence-electron chi connectivity index (χ3n) is 4.57. The number of fused-ring (bicyclic) bond motifs is 1. The zero-order valence-corrected chi connectivity index (χ0v) is 17.1. The Hall–Kier alpha value is -2.61. The number of Topliss-reactive ketones (excluding diaryl/α,β-unsaturated/α-hetero) is 2. The van der Waals surface area contributed by atoms with Gasteiger partial charge in [-0.2, -0.15) is 0 Å². The fourth-order valence-electron chi connectivity index (χ4n) is 2.80. The molecule has 2 rings (SSSR count). The molecule has 150 valence electrons. The Kier molecular flexibility index (Phi) is 7.39. The van der Waals surface area contributed by atoms with Gasteiger partial charge in [-0.25, -0.2) is 4.79 Å². The van der Waals surface area contributed by atoms with Gasteiger partial charge in [-0.3, -0.25) is 14.4 Å². The number of allylic oxidation sites excluding steroid dienone is 2. The Balaban J connectivity index is 2.16. The minimum Gasteiger partial charge on any atom is -0.491 e. The number of hydrogen-bond donors (Lipinski definition) is 1. The number of rotatable bonds is 8. The number of ketones is 2. The number of ether oxygens (including phenoxy) is 2. The maximum atomic E-state index is 12.8. The summed E-state index contributed by atoms with van der Waals surface area (Å²) >= 11 is 0.914. The third-order valence-corrected chi connectivity index (χ3v) is 5.64. The fraction of sp³-hybridized carbons (Fsp3) is 0.400. The van der Waals surface area contributed by atoms with E-state index < -0.39 is 23.7 Å². The molecule has 7 nitrogen and oxygen atoms in total. The minimum atomic E-state index is -0.775. The molecule has 1 aromatic carbocycles. The van der Waals surface area contributed by atoms with Crippen molar-refractivity contribution in [3.63, 3.8) is 0 Å². The van der Waals surface area contributed by atoms with Crippen molar-refractivity contribution >= 4 is 35.2 Å². The Morgan fingerprint density at radius 1 is 1.11 bits per heavy atom. The van der Waals surface area contributed by atoms with E-state index in [4.69, 9.17) is 9.47 Å². The molecule has 0 spiro atoms. The summed E-state index contributed by atoms with van der Waals surface area (Å²) in [5, 5.41) is 2.64. The predicted molar refractivity (Wildman–Crippen MR) is 105 cm³/mol. The monoisotopic (exact) mass is 405 g/mol. The third kappa shape index (κ3) is 4.44. The lowest BCUT2D eigenvalue weighted by molar-refractivity contribution is -0.146. The maximum absolute atomic E-state index is 12.8. The van der Waals surface area contributed by atoms with Gasteiger partial charge in [0.2, 0.25) is 17.5 Å². The zero-order valence-electron chi connectivity index (χ0n) is 16.2. The van der Waals surface area contributed by atoms with Crippen LogP contribution in [-0.4, -0.2) is 49.5 Å². The summed E-state index contributed by atoms with van der Waals surface area (Å²) in [6.45, 7) is 3.74. The molecule has 0 aliphatic heterocycles. The SMILES string of the molecule is CC[C@H](C)[C@H](NC(=O)CSC1=C(OC)C(=O)c2ccccc2C1=O)C(=O)OC. The highest BCUT2D eigenvalue weighted by Gasteiger charge is 2.34. The van der Waals surface area contributed by atoms with Crippen LogP contribution in [0.15, 0.2) is 34.9 Å². The largest absolute Gasteiger partial charge is 0.491 e. The number of carbonyl (C=O) groups excluding carboxylic acids is 4. The lowest BCUT2D eigenvalue weighted by Crippen LogP contribution is -2.46. The van der Waals surface area contributed by atoms with Crippen molar-refractivity contribution in [3.05, 3.63) is 46.1 Å². The predicted octanol–water partition coefficient (Wildman–Crippen LogP) is 2.36. The van der Waals surface area contributed by atoms with Gasteiger partial charge in [-0.15, -0.1) is 11.8 Å². The van der Waals surface area contributed by atoms with Crippen molar-refractivity contribution in [3.8, 4) is 0 Å². The second kappa shape index (κ2) is 9.54. The summed E-state index contributed by atoms with van der Waals surface area (Å²) in [5.41, 5.74) is 0.559. The lowest BCUT2D eigenvalue weighted by Gasteiger charge is -2.22. The second-order valence-electron chi connectivity index (χ2n) is 6.31. The molecule has 1 aliphatic rings. The van der Waals surface area contributed by atoms with Gasteiger partial charge in [0.05, 0.1) is 20.0 Å². The summed E-state index contributed by atoms with van der Waals surface area (Å²) in [6, 6.07) is 5.70. The van der Waals surface area contributed by atoms with Crippen molar-refractivity contribution in [1.82, 2.24) is 5.32 Å². The molecule has 1 aliphatic carbocycles. The molecule has 0 unspecified atom stereocenters. The van der Waals surface area contributed by atoms with E-state index in [-0.39, 0.29) is 39.2 Å². The summed E-state index contributed by atoms with van der Waals surface area (Å²) in [4.78, 5) is 49.7. The van der Waals surface area contributed by atoms with Crippen LogP contribution in [0, 0.1) is 5.92 Å². The van der Waals surface area contributed by atoms with E-state index in [0.717, 1.165) is 11.8 Å². The molecule has 1 N–H and O–H groups in total. The summed E-state index contributed by atoms with van der Waals surface area (Å²) < 4.78 is 9.90. The first-order chi connectivity index (χ1) is 13.3. The fourth-order valence-corrected chi connectivity index (χ4v) is 3.70. The standard InChI is InChI=1S/C20H23NO6S/c1-5-11(2)15(20(25)27-4)21-14(22)10-28-19-17(24)13-9-7-6-8-12(13)16(23)18(19)26-3/h6-9,11,15H,5,10H2,1-4H3,(H,21,22)/t11-,15-/m0/s1. The summed E-state index contributed by atoms with van der Waals surface area (Å²) in [5.74, 6) is -2.06. The molecule has 0 aromatic heterocycles. The van der Waals surface area contributed by atoms with Crippen LogP contribution >= 0.6 is 11.8 Å². The number of thioether (sulfide) groups is 1. The summed E-state index contributed by atoms with van der Waals surface area (Å²) in [6.07, 6.45) is 0.677. The van der Waals surface area contributed by atoms with Crippen molar-refractivity contribution in [2.75, 3.05) is 20.0 Å². The van der Waals surface area contributed by atoms with Crippen LogP contribution < -0.4 is 5.32 Å². The van der Waals surface area contributed by atoms with Crippen molar-refractivity contribution in [1.29, 1.82) is 0 Å². The van der Waals surface area contributed by atoms with Gasteiger partial charge in [0.1, 0.15) is 10.9 Å². The van der Waals surface area contributed by atoms with Crippen LogP contribution in [0.25, 0.3) is 0 Å². The van der Waals surface area contributed by atoms with Crippen LogP contribution in [0.1, 0.15) is 41.0 Å². The minimum absolute atomic E-state index is 0.0760. The van der Waals surface area contributed by atoms with Gasteiger partial charge in [0.25, 0.3) is 0 Å². The van der Waals surface area contributed by atoms with E-state index in [1.807, 2.05) is 13.8 Å². The Morgan fingerprint density at radius 2 is 1.71 bits per heavy atom. The molecular weight excluding hydrogens is 382 g/mol. The van der Waals surface area contributed by atoms with Crippen LogP contribution in [-0.2, 0) is 19.1 Å². The van der Waals surface area contributed by atoms with Gasteiger partial charge >= 0.3 is 5.97 Å². The van der Waals surface area contributed by atoms with Gasteiger partial charge in [-0.05, 0) is 5.92 Å². The highest BCUT2D eigenvalue weighted by atomic mass is 32.2. The van der Waals surface area contributed by atoms with Crippen LogP contribution in [0.4, 0.5) is 0 Å².